The standard InChI is InChI=1S/C16H24N2O2/c1-13(19)16(20)17-11-14-5-7-15(8-6-14)12-18-9-3-2-4-10-18/h5-8,13,19H,2-4,9-12H2,1H3,(H,17,20). The molecular formula is C16H24N2O2. The Hall–Kier alpha value is -1.39. The number of benzene rings is 1. The molecule has 1 aliphatic rings. The summed E-state index contributed by atoms with van der Waals surface area (Å²) in [4.78, 5) is 13.8. The molecule has 1 heterocycles. The third kappa shape index (κ3) is 4.62. The first-order valence-electron chi connectivity index (χ1n) is 7.41. The molecule has 0 spiro atoms. The van der Waals surface area contributed by atoms with Gasteiger partial charge in [0.1, 0.15) is 6.10 Å². The summed E-state index contributed by atoms with van der Waals surface area (Å²) >= 11 is 0. The van der Waals surface area contributed by atoms with E-state index in [4.69, 9.17) is 5.11 Å². The molecule has 1 atom stereocenters. The van der Waals surface area contributed by atoms with Crippen molar-refractivity contribution in [3.05, 3.63) is 35.4 Å². The first kappa shape index (κ1) is 15.0. The molecule has 4 nitrogen and oxygen atoms in total. The summed E-state index contributed by atoms with van der Waals surface area (Å²) < 4.78 is 0. The van der Waals surface area contributed by atoms with E-state index in [0.29, 0.717) is 6.54 Å². The van der Waals surface area contributed by atoms with Crippen molar-refractivity contribution in [3.63, 3.8) is 0 Å². The van der Waals surface area contributed by atoms with Crippen LogP contribution >= 0.6 is 0 Å². The van der Waals surface area contributed by atoms with Crippen LogP contribution in [0.4, 0.5) is 0 Å². The molecule has 4 heteroatoms. The molecule has 0 bridgehead atoms. The van der Waals surface area contributed by atoms with Crippen molar-refractivity contribution in [2.75, 3.05) is 13.1 Å². The average molecular weight is 276 g/mol. The minimum atomic E-state index is -0.951. The van der Waals surface area contributed by atoms with Crippen LogP contribution in [-0.4, -0.2) is 35.1 Å². The maximum Gasteiger partial charge on any atom is 0.248 e. The molecule has 2 N–H and O–H groups in total. The highest BCUT2D eigenvalue weighted by molar-refractivity contribution is 5.79. The molecule has 1 aromatic carbocycles. The van der Waals surface area contributed by atoms with Gasteiger partial charge in [0.05, 0.1) is 0 Å². The zero-order valence-electron chi connectivity index (χ0n) is 12.1. The molecule has 0 aromatic heterocycles. The van der Waals surface area contributed by atoms with E-state index >= 15 is 0 Å². The van der Waals surface area contributed by atoms with E-state index in [1.165, 1.54) is 44.8 Å². The molecular weight excluding hydrogens is 252 g/mol. The highest BCUT2D eigenvalue weighted by Crippen LogP contribution is 2.13. The lowest BCUT2D eigenvalue weighted by atomic mass is 10.1. The first-order valence-corrected chi connectivity index (χ1v) is 7.41. The lowest BCUT2D eigenvalue weighted by molar-refractivity contribution is -0.128. The quantitative estimate of drug-likeness (QED) is 0.860. The molecule has 1 fully saturated rings. The van der Waals surface area contributed by atoms with Crippen LogP contribution in [0.3, 0.4) is 0 Å². The number of hydrogen-bond acceptors (Lipinski definition) is 3. The first-order chi connectivity index (χ1) is 9.65. The predicted octanol–water partition coefficient (Wildman–Crippen LogP) is 1.67. The summed E-state index contributed by atoms with van der Waals surface area (Å²) in [6.07, 6.45) is 3.03. The Morgan fingerprint density at radius 1 is 1.20 bits per heavy atom. The molecule has 110 valence electrons. The summed E-state index contributed by atoms with van der Waals surface area (Å²) in [6, 6.07) is 8.33. The Labute approximate surface area is 120 Å². The number of hydrogen-bond donors (Lipinski definition) is 2. The van der Waals surface area contributed by atoms with Crippen LogP contribution in [0, 0.1) is 0 Å². The van der Waals surface area contributed by atoms with Crippen molar-refractivity contribution >= 4 is 5.91 Å². The second-order valence-electron chi connectivity index (χ2n) is 5.55. The fraction of sp³-hybridized carbons (Fsp3) is 0.562. The molecule has 1 unspecified atom stereocenters. The normalized spacial score (nSPS) is 17.7. The molecule has 2 rings (SSSR count). The Morgan fingerprint density at radius 2 is 1.80 bits per heavy atom. The van der Waals surface area contributed by atoms with Gasteiger partial charge in [0, 0.05) is 13.1 Å². The largest absolute Gasteiger partial charge is 0.384 e. The Kier molecular flexibility index (Phi) is 5.56. The van der Waals surface area contributed by atoms with Crippen LogP contribution in [0.2, 0.25) is 0 Å². The maximum absolute atomic E-state index is 11.3. The number of amides is 1. The number of nitrogens with one attached hydrogen (secondary N) is 1. The number of nitrogens with zero attached hydrogens (tertiary/aromatic N) is 1. The molecule has 0 radical (unpaired) electrons. The average Bonchev–Trinajstić information content (AvgIpc) is 2.47. The second kappa shape index (κ2) is 7.41. The minimum absolute atomic E-state index is 0.331. The summed E-state index contributed by atoms with van der Waals surface area (Å²) in [5.74, 6) is -0.331. The van der Waals surface area contributed by atoms with Crippen molar-refractivity contribution in [1.29, 1.82) is 0 Å². The van der Waals surface area contributed by atoms with Gasteiger partial charge in [0.25, 0.3) is 0 Å². The topological polar surface area (TPSA) is 52.6 Å². The van der Waals surface area contributed by atoms with Gasteiger partial charge in [-0.2, -0.15) is 0 Å². The number of carbonyl (C=O) groups is 1. The van der Waals surface area contributed by atoms with E-state index < -0.39 is 6.10 Å². The van der Waals surface area contributed by atoms with E-state index in [1.807, 2.05) is 12.1 Å². The smallest absolute Gasteiger partial charge is 0.248 e. The van der Waals surface area contributed by atoms with Crippen LogP contribution in [0.1, 0.15) is 37.3 Å². The van der Waals surface area contributed by atoms with E-state index in [-0.39, 0.29) is 5.91 Å². The summed E-state index contributed by atoms with van der Waals surface area (Å²) in [6.45, 7) is 5.35. The fourth-order valence-corrected chi connectivity index (χ4v) is 2.48. The van der Waals surface area contributed by atoms with Gasteiger partial charge in [-0.3, -0.25) is 9.69 Å². The molecule has 20 heavy (non-hydrogen) atoms. The maximum atomic E-state index is 11.3. The van der Waals surface area contributed by atoms with E-state index in [0.717, 1.165) is 12.1 Å². The van der Waals surface area contributed by atoms with Crippen LogP contribution < -0.4 is 5.32 Å². The van der Waals surface area contributed by atoms with Crippen LogP contribution in [-0.2, 0) is 17.9 Å². The van der Waals surface area contributed by atoms with Gasteiger partial charge in [-0.1, -0.05) is 30.7 Å². The number of aliphatic hydroxyl groups is 1. The van der Waals surface area contributed by atoms with Crippen molar-refractivity contribution in [1.82, 2.24) is 10.2 Å². The Bertz CT molecular complexity index is 423. The van der Waals surface area contributed by atoms with E-state index in [9.17, 15) is 4.79 Å². The Balaban J connectivity index is 1.81. The van der Waals surface area contributed by atoms with Crippen molar-refractivity contribution in [2.45, 2.75) is 45.4 Å². The lowest BCUT2D eigenvalue weighted by Gasteiger charge is -2.26. The number of piperidine rings is 1. The summed E-state index contributed by atoms with van der Waals surface area (Å²) in [7, 11) is 0. The molecule has 0 aliphatic carbocycles. The predicted molar refractivity (Wildman–Crippen MR) is 79.1 cm³/mol. The summed E-state index contributed by atoms with van der Waals surface area (Å²) in [5.41, 5.74) is 2.37. The third-order valence-corrected chi connectivity index (χ3v) is 3.72. The summed E-state index contributed by atoms with van der Waals surface area (Å²) in [5, 5.41) is 11.8. The van der Waals surface area contributed by atoms with Crippen molar-refractivity contribution < 1.29 is 9.90 Å². The van der Waals surface area contributed by atoms with Gasteiger partial charge in [-0.25, -0.2) is 0 Å². The van der Waals surface area contributed by atoms with Crippen molar-refractivity contribution in [3.8, 4) is 0 Å². The van der Waals surface area contributed by atoms with Crippen LogP contribution in [0.5, 0.6) is 0 Å². The number of aliphatic hydroxyl groups excluding tert-OH is 1. The Morgan fingerprint density at radius 3 is 2.40 bits per heavy atom. The van der Waals surface area contributed by atoms with Crippen molar-refractivity contribution in [2.24, 2.45) is 0 Å². The molecule has 1 amide bonds. The monoisotopic (exact) mass is 276 g/mol. The van der Waals surface area contributed by atoms with Gasteiger partial charge in [-0.15, -0.1) is 0 Å². The number of rotatable bonds is 5. The van der Waals surface area contributed by atoms with Gasteiger partial charge < -0.3 is 10.4 Å². The highest BCUT2D eigenvalue weighted by atomic mass is 16.3. The molecule has 1 aromatic rings. The van der Waals surface area contributed by atoms with Crippen LogP contribution in [0.25, 0.3) is 0 Å². The third-order valence-electron chi connectivity index (χ3n) is 3.72. The van der Waals surface area contributed by atoms with E-state index in [1.54, 1.807) is 0 Å². The fourth-order valence-electron chi connectivity index (χ4n) is 2.48. The SMILES string of the molecule is CC(O)C(=O)NCc1ccc(CN2CCCCC2)cc1. The van der Waals surface area contributed by atoms with Gasteiger partial charge >= 0.3 is 0 Å². The molecule has 1 aliphatic heterocycles. The lowest BCUT2D eigenvalue weighted by Crippen LogP contribution is -2.32. The highest BCUT2D eigenvalue weighted by Gasteiger charge is 2.10. The minimum Gasteiger partial charge on any atom is -0.384 e. The van der Waals surface area contributed by atoms with E-state index in [2.05, 4.69) is 22.3 Å². The van der Waals surface area contributed by atoms with Gasteiger partial charge in [0.15, 0.2) is 0 Å². The van der Waals surface area contributed by atoms with Gasteiger partial charge in [0.2, 0.25) is 5.91 Å². The van der Waals surface area contributed by atoms with Crippen LogP contribution in [0.15, 0.2) is 24.3 Å². The number of carbonyl (C=O) groups excluding carboxylic acids is 1. The van der Waals surface area contributed by atoms with Gasteiger partial charge in [-0.05, 0) is 44.0 Å². The molecule has 0 saturated carbocycles. The zero-order valence-corrected chi connectivity index (χ0v) is 12.1. The zero-order chi connectivity index (χ0) is 14.4. The molecule has 1 saturated heterocycles. The number of likely N-dealkylation sites (tertiary alicyclic amines) is 1. The second-order valence-corrected chi connectivity index (χ2v) is 5.55.